The number of aromatic nitrogens is 1. The van der Waals surface area contributed by atoms with Crippen molar-refractivity contribution >= 4 is 50.6 Å². The zero-order valence-electron chi connectivity index (χ0n) is 10.4. The molecule has 1 heterocycles. The summed E-state index contributed by atoms with van der Waals surface area (Å²) in [6, 6.07) is 12.1. The summed E-state index contributed by atoms with van der Waals surface area (Å²) in [5.41, 5.74) is 9.04. The van der Waals surface area contributed by atoms with Crippen LogP contribution < -0.4 is 11.1 Å². The number of halogens is 2. The first-order valence-corrected chi connectivity index (χ1v) is 7.08. The van der Waals surface area contributed by atoms with Crippen molar-refractivity contribution in [3.05, 3.63) is 58.0 Å². The van der Waals surface area contributed by atoms with Gasteiger partial charge in [0.2, 0.25) is 0 Å². The molecule has 3 N–H and O–H groups in total. The van der Waals surface area contributed by atoms with Crippen molar-refractivity contribution in [3.63, 3.8) is 0 Å². The third-order valence-corrected chi connectivity index (χ3v) is 3.86. The lowest BCUT2D eigenvalue weighted by molar-refractivity contribution is 0.627. The van der Waals surface area contributed by atoms with E-state index in [0.717, 1.165) is 25.8 Å². The van der Waals surface area contributed by atoms with Gasteiger partial charge >= 0.3 is 0 Å². The Hall–Kier alpha value is -1.89. The molecule has 1 aromatic heterocycles. The number of nitrogens with two attached hydrogens (primary N) is 1. The molecule has 3 aromatic rings. The first-order chi connectivity index (χ1) is 9.63. The number of nitrogens with zero attached hydrogens (tertiary/aromatic N) is 1. The van der Waals surface area contributed by atoms with Crippen molar-refractivity contribution in [2.75, 3.05) is 11.1 Å². The molecule has 0 fully saturated rings. The first kappa shape index (κ1) is 13.1. The predicted molar refractivity (Wildman–Crippen MR) is 88.6 cm³/mol. The van der Waals surface area contributed by atoms with E-state index in [4.69, 9.17) is 5.73 Å². The Bertz CT molecular complexity index is 789. The Morgan fingerprint density at radius 3 is 2.70 bits per heavy atom. The third-order valence-electron chi connectivity index (χ3n) is 2.97. The van der Waals surface area contributed by atoms with Gasteiger partial charge < -0.3 is 11.1 Å². The molecule has 0 saturated heterocycles. The summed E-state index contributed by atoms with van der Waals surface area (Å²) < 4.78 is 13.9. The van der Waals surface area contributed by atoms with E-state index in [1.54, 1.807) is 12.3 Å². The molecule has 0 aliphatic heterocycles. The van der Waals surface area contributed by atoms with Crippen LogP contribution in [-0.2, 0) is 0 Å². The smallest absolute Gasteiger partial charge is 0.124 e. The van der Waals surface area contributed by atoms with Crippen molar-refractivity contribution in [2.24, 2.45) is 0 Å². The monoisotopic (exact) mass is 379 g/mol. The van der Waals surface area contributed by atoms with Gasteiger partial charge in [-0.3, -0.25) is 4.98 Å². The highest BCUT2D eigenvalue weighted by Crippen LogP contribution is 2.28. The first-order valence-electron chi connectivity index (χ1n) is 6.00. The van der Waals surface area contributed by atoms with Crippen molar-refractivity contribution in [1.29, 1.82) is 0 Å². The maximum atomic E-state index is 13.1. The molecule has 3 rings (SSSR count). The van der Waals surface area contributed by atoms with Crippen LogP contribution in [0.5, 0.6) is 0 Å². The van der Waals surface area contributed by atoms with Crippen molar-refractivity contribution in [2.45, 2.75) is 0 Å². The van der Waals surface area contributed by atoms with Gasteiger partial charge in [-0.2, -0.15) is 0 Å². The second-order valence-electron chi connectivity index (χ2n) is 4.38. The van der Waals surface area contributed by atoms with Crippen LogP contribution in [0.1, 0.15) is 0 Å². The van der Waals surface area contributed by atoms with Gasteiger partial charge in [0.15, 0.2) is 0 Å². The lowest BCUT2D eigenvalue weighted by Gasteiger charge is -2.11. The van der Waals surface area contributed by atoms with E-state index in [0.29, 0.717) is 5.69 Å². The molecule has 100 valence electrons. The van der Waals surface area contributed by atoms with E-state index in [1.807, 2.05) is 24.3 Å². The molecule has 20 heavy (non-hydrogen) atoms. The number of hydrogen-bond donors (Lipinski definition) is 2. The van der Waals surface area contributed by atoms with E-state index in [2.05, 4.69) is 32.9 Å². The average Bonchev–Trinajstić information content (AvgIpc) is 2.41. The van der Waals surface area contributed by atoms with Gasteiger partial charge in [-0.25, -0.2) is 4.39 Å². The van der Waals surface area contributed by atoms with Gasteiger partial charge in [-0.15, -0.1) is 0 Å². The van der Waals surface area contributed by atoms with Gasteiger partial charge in [0, 0.05) is 26.5 Å². The summed E-state index contributed by atoms with van der Waals surface area (Å²) in [5, 5.41) is 4.28. The Morgan fingerprint density at radius 1 is 1.05 bits per heavy atom. The number of pyridine rings is 1. The number of rotatable bonds is 2. The zero-order chi connectivity index (χ0) is 14.1. The SMILES string of the molecule is Nc1ccc2c(Nc3ccc(F)cc3I)ccnc2c1. The number of fused-ring (bicyclic) bond motifs is 1. The minimum Gasteiger partial charge on any atom is -0.399 e. The standard InChI is InChI=1S/C15H11FIN3/c16-9-1-4-14(12(17)7-9)20-13-5-6-19-15-8-10(18)2-3-11(13)15/h1-8H,18H2,(H,19,20). The zero-order valence-corrected chi connectivity index (χ0v) is 12.6. The van der Waals surface area contributed by atoms with E-state index < -0.39 is 0 Å². The van der Waals surface area contributed by atoms with Crippen LogP contribution in [0.4, 0.5) is 21.5 Å². The van der Waals surface area contributed by atoms with Crippen LogP contribution in [0.15, 0.2) is 48.7 Å². The lowest BCUT2D eigenvalue weighted by Crippen LogP contribution is -1.96. The topological polar surface area (TPSA) is 50.9 Å². The molecule has 0 radical (unpaired) electrons. The second kappa shape index (κ2) is 5.24. The maximum Gasteiger partial charge on any atom is 0.124 e. The molecule has 0 amide bonds. The molecular formula is C15H11FIN3. The lowest BCUT2D eigenvalue weighted by atomic mass is 10.1. The highest BCUT2D eigenvalue weighted by Gasteiger charge is 2.06. The Kier molecular flexibility index (Phi) is 3.43. The molecule has 0 bridgehead atoms. The second-order valence-corrected chi connectivity index (χ2v) is 5.55. The van der Waals surface area contributed by atoms with Gasteiger partial charge in [0.1, 0.15) is 5.82 Å². The fraction of sp³-hybridized carbons (Fsp3) is 0. The maximum absolute atomic E-state index is 13.1. The number of nitrogens with one attached hydrogen (secondary N) is 1. The van der Waals surface area contributed by atoms with Crippen LogP contribution in [-0.4, -0.2) is 4.98 Å². The van der Waals surface area contributed by atoms with Gasteiger partial charge in [0.05, 0.1) is 11.2 Å². The Balaban J connectivity index is 2.06. The van der Waals surface area contributed by atoms with Crippen LogP contribution in [0.25, 0.3) is 10.9 Å². The average molecular weight is 379 g/mol. The Morgan fingerprint density at radius 2 is 1.90 bits per heavy atom. The quantitative estimate of drug-likeness (QED) is 0.516. The molecule has 0 aliphatic carbocycles. The summed E-state index contributed by atoms with van der Waals surface area (Å²) in [4.78, 5) is 4.30. The minimum absolute atomic E-state index is 0.243. The summed E-state index contributed by atoms with van der Waals surface area (Å²) in [5.74, 6) is -0.243. The molecule has 3 nitrogen and oxygen atoms in total. The normalized spacial score (nSPS) is 10.7. The largest absolute Gasteiger partial charge is 0.399 e. The van der Waals surface area contributed by atoms with Crippen LogP contribution >= 0.6 is 22.6 Å². The highest BCUT2D eigenvalue weighted by atomic mass is 127. The van der Waals surface area contributed by atoms with E-state index in [-0.39, 0.29) is 5.82 Å². The summed E-state index contributed by atoms with van der Waals surface area (Å²) in [6.07, 6.45) is 1.72. The molecular weight excluding hydrogens is 368 g/mol. The fourth-order valence-corrected chi connectivity index (χ4v) is 2.62. The van der Waals surface area contributed by atoms with Crippen LogP contribution in [0.2, 0.25) is 0 Å². The van der Waals surface area contributed by atoms with Gasteiger partial charge in [0.25, 0.3) is 0 Å². The van der Waals surface area contributed by atoms with Crippen molar-refractivity contribution in [3.8, 4) is 0 Å². The van der Waals surface area contributed by atoms with Crippen molar-refractivity contribution in [1.82, 2.24) is 4.98 Å². The van der Waals surface area contributed by atoms with Gasteiger partial charge in [-0.05, 0) is 65.1 Å². The molecule has 5 heteroatoms. The molecule has 2 aromatic carbocycles. The molecule has 0 saturated carbocycles. The molecule has 0 aliphatic rings. The van der Waals surface area contributed by atoms with Crippen LogP contribution in [0, 0.1) is 9.39 Å². The molecule has 0 spiro atoms. The van der Waals surface area contributed by atoms with E-state index in [9.17, 15) is 4.39 Å². The summed E-state index contributed by atoms with van der Waals surface area (Å²) in [6.45, 7) is 0. The van der Waals surface area contributed by atoms with Crippen molar-refractivity contribution < 1.29 is 4.39 Å². The van der Waals surface area contributed by atoms with Crippen LogP contribution in [0.3, 0.4) is 0 Å². The van der Waals surface area contributed by atoms with Gasteiger partial charge in [-0.1, -0.05) is 0 Å². The summed E-state index contributed by atoms with van der Waals surface area (Å²) in [7, 11) is 0. The molecule has 0 atom stereocenters. The molecule has 0 unspecified atom stereocenters. The highest BCUT2D eigenvalue weighted by molar-refractivity contribution is 14.1. The fourth-order valence-electron chi connectivity index (χ4n) is 2.01. The van der Waals surface area contributed by atoms with E-state index in [1.165, 1.54) is 12.1 Å². The predicted octanol–water partition coefficient (Wildman–Crippen LogP) is 4.30. The number of hydrogen-bond acceptors (Lipinski definition) is 3. The minimum atomic E-state index is -0.243. The number of nitrogen functional groups attached to an aromatic ring is 1. The van der Waals surface area contributed by atoms with E-state index >= 15 is 0 Å². The summed E-state index contributed by atoms with van der Waals surface area (Å²) >= 11 is 2.10. The number of benzene rings is 2. The Labute approximate surface area is 129 Å². The third kappa shape index (κ3) is 2.53. The number of anilines is 3.